The molecule has 3 heterocycles. The minimum Gasteiger partial charge on any atom is -0.356 e. The zero-order valence-electron chi connectivity index (χ0n) is 22.5. The van der Waals surface area contributed by atoms with E-state index in [1.807, 2.05) is 27.6 Å². The molecule has 8 heteroatoms. The van der Waals surface area contributed by atoms with Gasteiger partial charge >= 0.3 is 0 Å². The lowest BCUT2D eigenvalue weighted by Gasteiger charge is -2.23. The normalized spacial score (nSPS) is 18.8. The topological polar surface area (TPSA) is 86.9 Å². The molecule has 38 heavy (non-hydrogen) atoms. The summed E-state index contributed by atoms with van der Waals surface area (Å²) < 4.78 is 10.0. The molecule has 2 aromatic heterocycles. The Morgan fingerprint density at radius 2 is 1.79 bits per heavy atom. The summed E-state index contributed by atoms with van der Waals surface area (Å²) in [6.07, 6.45) is 9.06. The van der Waals surface area contributed by atoms with Crippen LogP contribution in [0, 0.1) is 5.92 Å². The van der Waals surface area contributed by atoms with E-state index in [4.69, 9.17) is 14.9 Å². The number of aromatic nitrogens is 5. The Morgan fingerprint density at radius 1 is 0.974 bits per heavy atom. The molecule has 1 atom stereocenters. The smallest absolute Gasteiger partial charge is 0.227 e. The van der Waals surface area contributed by atoms with Gasteiger partial charge in [0.2, 0.25) is 5.91 Å². The molecular weight excluding hydrogens is 476 g/mol. The summed E-state index contributed by atoms with van der Waals surface area (Å²) in [7, 11) is 0. The highest BCUT2D eigenvalue weighted by atomic mass is 16.5. The Kier molecular flexibility index (Phi) is 6.51. The average Bonchev–Trinajstić information content (AvgIpc) is 3.69. The van der Waals surface area contributed by atoms with Crippen molar-refractivity contribution in [2.75, 3.05) is 11.9 Å². The number of nitrogens with one attached hydrogen (secondary N) is 1. The third-order valence-electron chi connectivity index (χ3n) is 7.70. The van der Waals surface area contributed by atoms with Gasteiger partial charge in [-0.05, 0) is 83.2 Å². The average molecular weight is 513 g/mol. The summed E-state index contributed by atoms with van der Waals surface area (Å²) in [5, 5.41) is 14.0. The maximum atomic E-state index is 12.8. The lowest BCUT2D eigenvalue weighted by Crippen LogP contribution is -2.22. The molecule has 198 valence electrons. The summed E-state index contributed by atoms with van der Waals surface area (Å²) >= 11 is 0. The molecule has 2 aliphatic rings. The standard InChI is InChI=1S/C30H36N6O2/c1-30(2,3)35-19-31-28(34-35)22-14-15-25-24(18-22)27(33-36(25)26-13-6-7-16-38-26)21-11-8-12-23(17-21)32-29(37)20-9-4-5-10-20/h8,11-12,14-15,17-20,26H,4-7,9-10,13,16H2,1-3H3,(H,32,37). The van der Waals surface area contributed by atoms with E-state index in [0.29, 0.717) is 5.82 Å². The third-order valence-corrected chi connectivity index (χ3v) is 7.70. The number of nitrogens with zero attached hydrogens (tertiary/aromatic N) is 5. The Balaban J connectivity index is 1.41. The first-order valence-corrected chi connectivity index (χ1v) is 13.8. The number of hydrogen-bond donors (Lipinski definition) is 1. The number of anilines is 1. The second-order valence-electron chi connectivity index (χ2n) is 11.6. The number of amides is 1. The molecule has 0 bridgehead atoms. The molecule has 1 aliphatic heterocycles. The summed E-state index contributed by atoms with van der Waals surface area (Å²) in [4.78, 5) is 17.4. The van der Waals surface area contributed by atoms with Crippen LogP contribution in [0.4, 0.5) is 5.69 Å². The van der Waals surface area contributed by atoms with Crippen LogP contribution in [-0.2, 0) is 15.1 Å². The summed E-state index contributed by atoms with van der Waals surface area (Å²) in [6.45, 7) is 7.08. The molecule has 1 amide bonds. The van der Waals surface area contributed by atoms with E-state index < -0.39 is 0 Å². The summed E-state index contributed by atoms with van der Waals surface area (Å²) in [5.41, 5.74) is 4.44. The Morgan fingerprint density at radius 3 is 2.53 bits per heavy atom. The van der Waals surface area contributed by atoms with Gasteiger partial charge in [0.1, 0.15) is 12.0 Å². The quantitative estimate of drug-likeness (QED) is 0.328. The molecule has 1 saturated carbocycles. The van der Waals surface area contributed by atoms with Crippen LogP contribution in [0.25, 0.3) is 33.5 Å². The monoisotopic (exact) mass is 512 g/mol. The van der Waals surface area contributed by atoms with Gasteiger partial charge in [0.05, 0.1) is 11.1 Å². The van der Waals surface area contributed by atoms with Crippen LogP contribution < -0.4 is 5.32 Å². The number of carbonyl (C=O) groups is 1. The number of hydrogen-bond acceptors (Lipinski definition) is 5. The highest BCUT2D eigenvalue weighted by Gasteiger charge is 2.25. The van der Waals surface area contributed by atoms with Crippen molar-refractivity contribution >= 4 is 22.5 Å². The van der Waals surface area contributed by atoms with Gasteiger partial charge < -0.3 is 10.1 Å². The predicted octanol–water partition coefficient (Wildman–Crippen LogP) is 6.54. The van der Waals surface area contributed by atoms with Crippen molar-refractivity contribution in [2.45, 2.75) is 77.5 Å². The molecule has 0 spiro atoms. The second kappa shape index (κ2) is 9.98. The Hall–Kier alpha value is -3.52. The van der Waals surface area contributed by atoms with Crippen molar-refractivity contribution < 1.29 is 9.53 Å². The fourth-order valence-corrected chi connectivity index (χ4v) is 5.52. The number of benzene rings is 2. The maximum Gasteiger partial charge on any atom is 0.227 e. The van der Waals surface area contributed by atoms with Crippen LogP contribution in [0.5, 0.6) is 0 Å². The van der Waals surface area contributed by atoms with E-state index >= 15 is 0 Å². The number of fused-ring (bicyclic) bond motifs is 1. The van der Waals surface area contributed by atoms with Crippen LogP contribution in [0.15, 0.2) is 48.8 Å². The van der Waals surface area contributed by atoms with E-state index in [-0.39, 0.29) is 23.6 Å². The third kappa shape index (κ3) is 4.85. The van der Waals surface area contributed by atoms with Gasteiger partial charge in [-0.2, -0.15) is 10.2 Å². The SMILES string of the molecule is CC(C)(C)n1cnc(-c2ccc3c(c2)c(-c2cccc(NC(=O)C4CCCC4)c2)nn3C2CCCCO2)n1. The van der Waals surface area contributed by atoms with Crippen LogP contribution in [-0.4, -0.2) is 37.1 Å². The van der Waals surface area contributed by atoms with Crippen LogP contribution in [0.1, 0.15) is 71.9 Å². The van der Waals surface area contributed by atoms with E-state index in [2.05, 4.69) is 55.3 Å². The summed E-state index contributed by atoms with van der Waals surface area (Å²) in [5.74, 6) is 0.922. The van der Waals surface area contributed by atoms with Gasteiger partial charge in [0.15, 0.2) is 12.1 Å². The van der Waals surface area contributed by atoms with Crippen molar-refractivity contribution in [3.05, 3.63) is 48.8 Å². The fourth-order valence-electron chi connectivity index (χ4n) is 5.52. The largest absolute Gasteiger partial charge is 0.356 e. The van der Waals surface area contributed by atoms with E-state index in [1.165, 1.54) is 0 Å². The molecule has 1 saturated heterocycles. The summed E-state index contributed by atoms with van der Waals surface area (Å²) in [6, 6.07) is 14.3. The molecule has 8 nitrogen and oxygen atoms in total. The maximum absolute atomic E-state index is 12.8. The van der Waals surface area contributed by atoms with Crippen LogP contribution >= 0.6 is 0 Å². The van der Waals surface area contributed by atoms with Gasteiger partial charge in [-0.25, -0.2) is 14.3 Å². The van der Waals surface area contributed by atoms with E-state index in [1.54, 1.807) is 6.33 Å². The fraction of sp³-hybridized carbons (Fsp3) is 0.467. The lowest BCUT2D eigenvalue weighted by molar-refractivity contribution is -0.119. The van der Waals surface area contributed by atoms with E-state index in [0.717, 1.165) is 85.0 Å². The number of rotatable bonds is 5. The van der Waals surface area contributed by atoms with Crippen molar-refractivity contribution in [3.8, 4) is 22.6 Å². The minimum atomic E-state index is -0.146. The number of carbonyl (C=O) groups excluding carboxylic acids is 1. The first-order valence-electron chi connectivity index (χ1n) is 13.8. The molecule has 4 aromatic rings. The molecular formula is C30H36N6O2. The van der Waals surface area contributed by atoms with Gasteiger partial charge in [-0.1, -0.05) is 25.0 Å². The van der Waals surface area contributed by atoms with Crippen molar-refractivity contribution in [2.24, 2.45) is 5.92 Å². The first kappa shape index (κ1) is 24.8. The molecule has 1 N–H and O–H groups in total. The highest BCUT2D eigenvalue weighted by Crippen LogP contribution is 2.36. The van der Waals surface area contributed by atoms with Gasteiger partial charge in [-0.15, -0.1) is 0 Å². The minimum absolute atomic E-state index is 0.0886. The van der Waals surface area contributed by atoms with Crippen molar-refractivity contribution in [1.82, 2.24) is 24.5 Å². The lowest BCUT2D eigenvalue weighted by atomic mass is 10.0. The zero-order chi connectivity index (χ0) is 26.3. The van der Waals surface area contributed by atoms with Gasteiger partial charge in [0.25, 0.3) is 0 Å². The molecule has 1 unspecified atom stereocenters. The predicted molar refractivity (Wildman–Crippen MR) is 149 cm³/mol. The number of ether oxygens (including phenoxy) is 1. The zero-order valence-corrected chi connectivity index (χ0v) is 22.5. The molecule has 1 aliphatic carbocycles. The second-order valence-corrected chi connectivity index (χ2v) is 11.6. The van der Waals surface area contributed by atoms with Crippen LogP contribution in [0.3, 0.4) is 0 Å². The van der Waals surface area contributed by atoms with Crippen molar-refractivity contribution in [3.63, 3.8) is 0 Å². The highest BCUT2D eigenvalue weighted by molar-refractivity contribution is 5.97. The van der Waals surface area contributed by atoms with Crippen LogP contribution in [0.2, 0.25) is 0 Å². The molecule has 6 rings (SSSR count). The molecule has 2 fully saturated rings. The Labute approximate surface area is 223 Å². The van der Waals surface area contributed by atoms with Gasteiger partial charge in [-0.3, -0.25) is 4.79 Å². The van der Waals surface area contributed by atoms with E-state index in [9.17, 15) is 4.79 Å². The first-order chi connectivity index (χ1) is 18.4. The molecule has 0 radical (unpaired) electrons. The molecule has 2 aromatic carbocycles. The van der Waals surface area contributed by atoms with Crippen molar-refractivity contribution in [1.29, 1.82) is 0 Å². The Bertz CT molecular complexity index is 1450. The van der Waals surface area contributed by atoms with Gasteiger partial charge in [0, 0.05) is 34.7 Å².